The lowest BCUT2D eigenvalue weighted by Gasteiger charge is -2.16. The van der Waals surface area contributed by atoms with E-state index in [2.05, 4.69) is 41.4 Å². The Balaban J connectivity index is 2.61. The lowest BCUT2D eigenvalue weighted by molar-refractivity contribution is 0.396. The zero-order chi connectivity index (χ0) is 15.5. The largest absolute Gasteiger partial charge is 0.481 e. The molecule has 0 fully saturated rings. The Bertz CT molecular complexity index is 430. The number of pyridine rings is 1. The van der Waals surface area contributed by atoms with Crippen LogP contribution in [0.4, 0.5) is 0 Å². The summed E-state index contributed by atoms with van der Waals surface area (Å²) in [6.45, 7) is 8.85. The molecule has 0 aliphatic heterocycles. The second-order valence-electron chi connectivity index (χ2n) is 4.93. The highest BCUT2D eigenvalue weighted by molar-refractivity contribution is 5.79. The van der Waals surface area contributed by atoms with Crippen molar-refractivity contribution in [3.8, 4) is 5.88 Å². The number of hydrogen-bond acceptors (Lipinski definition) is 3. The predicted molar refractivity (Wildman–Crippen MR) is 87.7 cm³/mol. The molecule has 118 valence electrons. The van der Waals surface area contributed by atoms with Crippen LogP contribution in [0.3, 0.4) is 0 Å². The summed E-state index contributed by atoms with van der Waals surface area (Å²) < 4.78 is 5.13. The van der Waals surface area contributed by atoms with Gasteiger partial charge in [-0.2, -0.15) is 0 Å². The van der Waals surface area contributed by atoms with Crippen molar-refractivity contribution in [2.45, 2.75) is 40.2 Å². The van der Waals surface area contributed by atoms with Crippen LogP contribution < -0.4 is 15.4 Å². The number of ether oxygens (including phenoxy) is 1. The van der Waals surface area contributed by atoms with Crippen molar-refractivity contribution in [3.63, 3.8) is 0 Å². The Kier molecular flexibility index (Phi) is 8.24. The van der Waals surface area contributed by atoms with Gasteiger partial charge < -0.3 is 15.4 Å². The van der Waals surface area contributed by atoms with Crippen molar-refractivity contribution >= 4 is 5.96 Å². The van der Waals surface area contributed by atoms with Crippen LogP contribution in [0.1, 0.15) is 39.3 Å². The van der Waals surface area contributed by atoms with E-state index in [1.807, 2.05) is 18.2 Å². The molecule has 1 heterocycles. The topological polar surface area (TPSA) is 58.5 Å². The number of aromatic nitrogens is 1. The van der Waals surface area contributed by atoms with E-state index < -0.39 is 0 Å². The summed E-state index contributed by atoms with van der Waals surface area (Å²) in [5.74, 6) is 2.15. The number of rotatable bonds is 8. The van der Waals surface area contributed by atoms with Crippen molar-refractivity contribution in [1.82, 2.24) is 15.6 Å². The third-order valence-corrected chi connectivity index (χ3v) is 3.45. The zero-order valence-corrected chi connectivity index (χ0v) is 13.6. The Morgan fingerprint density at radius 1 is 1.24 bits per heavy atom. The highest BCUT2D eigenvalue weighted by Crippen LogP contribution is 2.07. The fraction of sp³-hybridized carbons (Fsp3) is 0.625. The standard InChI is InChI=1S/C16H28N4O/c1-5-13(6-2)11-18-16(17-7-3)19-12-14-9-8-10-15(20-14)21-4/h8-10,13H,5-7,11-12H2,1-4H3,(H2,17,18,19). The monoisotopic (exact) mass is 292 g/mol. The number of guanidine groups is 1. The van der Waals surface area contributed by atoms with Gasteiger partial charge in [0.1, 0.15) is 0 Å². The van der Waals surface area contributed by atoms with E-state index in [4.69, 9.17) is 4.74 Å². The molecule has 5 nitrogen and oxygen atoms in total. The molecule has 21 heavy (non-hydrogen) atoms. The summed E-state index contributed by atoms with van der Waals surface area (Å²) >= 11 is 0. The summed E-state index contributed by atoms with van der Waals surface area (Å²) in [4.78, 5) is 8.94. The normalized spacial score (nSPS) is 11.6. The maximum Gasteiger partial charge on any atom is 0.213 e. The van der Waals surface area contributed by atoms with Gasteiger partial charge in [0.15, 0.2) is 5.96 Å². The van der Waals surface area contributed by atoms with Gasteiger partial charge in [-0.1, -0.05) is 32.8 Å². The third kappa shape index (κ3) is 6.47. The molecular weight excluding hydrogens is 264 g/mol. The van der Waals surface area contributed by atoms with E-state index in [-0.39, 0.29) is 0 Å². The average molecular weight is 292 g/mol. The quantitative estimate of drug-likeness (QED) is 0.571. The molecular formula is C16H28N4O. The van der Waals surface area contributed by atoms with Crippen molar-refractivity contribution in [2.75, 3.05) is 20.2 Å². The van der Waals surface area contributed by atoms with Gasteiger partial charge in [-0.15, -0.1) is 0 Å². The first-order valence-corrected chi connectivity index (χ1v) is 7.75. The Labute approximate surface area is 128 Å². The summed E-state index contributed by atoms with van der Waals surface area (Å²) in [6.07, 6.45) is 2.36. The molecule has 2 N–H and O–H groups in total. The van der Waals surface area contributed by atoms with Crippen LogP contribution in [0.25, 0.3) is 0 Å². The second-order valence-corrected chi connectivity index (χ2v) is 4.93. The van der Waals surface area contributed by atoms with Crippen LogP contribution in [0.5, 0.6) is 5.88 Å². The number of hydrogen-bond donors (Lipinski definition) is 2. The van der Waals surface area contributed by atoms with Crippen molar-refractivity contribution in [1.29, 1.82) is 0 Å². The fourth-order valence-electron chi connectivity index (χ4n) is 1.98. The van der Waals surface area contributed by atoms with Crippen LogP contribution in [0.15, 0.2) is 23.2 Å². The molecule has 0 atom stereocenters. The highest BCUT2D eigenvalue weighted by atomic mass is 16.5. The molecule has 0 spiro atoms. The summed E-state index contributed by atoms with van der Waals surface area (Å²) in [7, 11) is 1.62. The molecule has 0 saturated carbocycles. The van der Waals surface area contributed by atoms with Gasteiger partial charge in [-0.25, -0.2) is 9.98 Å². The maximum atomic E-state index is 5.13. The van der Waals surface area contributed by atoms with Crippen LogP contribution in [0, 0.1) is 5.92 Å². The number of methoxy groups -OCH3 is 1. The smallest absolute Gasteiger partial charge is 0.213 e. The summed E-state index contributed by atoms with van der Waals surface area (Å²) in [5.41, 5.74) is 0.897. The number of nitrogens with one attached hydrogen (secondary N) is 2. The first-order chi connectivity index (χ1) is 10.2. The molecule has 0 aliphatic rings. The minimum absolute atomic E-state index is 0.537. The van der Waals surface area contributed by atoms with E-state index in [0.29, 0.717) is 18.3 Å². The van der Waals surface area contributed by atoms with E-state index in [9.17, 15) is 0 Å². The molecule has 0 aromatic carbocycles. The molecule has 5 heteroatoms. The van der Waals surface area contributed by atoms with Crippen LogP contribution in [0.2, 0.25) is 0 Å². The second kappa shape index (κ2) is 10.0. The lowest BCUT2D eigenvalue weighted by Crippen LogP contribution is -2.39. The van der Waals surface area contributed by atoms with Gasteiger partial charge in [0, 0.05) is 19.2 Å². The lowest BCUT2D eigenvalue weighted by atomic mass is 10.0. The first-order valence-electron chi connectivity index (χ1n) is 7.75. The molecule has 1 aromatic heterocycles. The van der Waals surface area contributed by atoms with Gasteiger partial charge in [-0.05, 0) is 18.9 Å². The minimum Gasteiger partial charge on any atom is -0.481 e. The van der Waals surface area contributed by atoms with Crippen molar-refractivity contribution in [3.05, 3.63) is 23.9 Å². The van der Waals surface area contributed by atoms with Gasteiger partial charge in [0.25, 0.3) is 0 Å². The van der Waals surface area contributed by atoms with E-state index in [1.165, 1.54) is 12.8 Å². The fourth-order valence-corrected chi connectivity index (χ4v) is 1.98. The first kappa shape index (κ1) is 17.3. The minimum atomic E-state index is 0.537. The maximum absolute atomic E-state index is 5.13. The van der Waals surface area contributed by atoms with Crippen LogP contribution in [-0.2, 0) is 6.54 Å². The van der Waals surface area contributed by atoms with E-state index in [0.717, 1.165) is 24.7 Å². The number of nitrogens with zero attached hydrogens (tertiary/aromatic N) is 2. The molecule has 0 saturated heterocycles. The summed E-state index contributed by atoms with van der Waals surface area (Å²) in [5, 5.41) is 6.67. The molecule has 0 aliphatic carbocycles. The molecule has 0 radical (unpaired) electrons. The van der Waals surface area contributed by atoms with E-state index >= 15 is 0 Å². The third-order valence-electron chi connectivity index (χ3n) is 3.45. The predicted octanol–water partition coefficient (Wildman–Crippen LogP) is 2.58. The Morgan fingerprint density at radius 2 is 2.00 bits per heavy atom. The van der Waals surface area contributed by atoms with Crippen molar-refractivity contribution < 1.29 is 4.74 Å². The van der Waals surface area contributed by atoms with Gasteiger partial charge in [0.2, 0.25) is 5.88 Å². The van der Waals surface area contributed by atoms with Gasteiger partial charge in [-0.3, -0.25) is 0 Å². The van der Waals surface area contributed by atoms with Gasteiger partial charge >= 0.3 is 0 Å². The van der Waals surface area contributed by atoms with Crippen molar-refractivity contribution in [2.24, 2.45) is 10.9 Å². The van der Waals surface area contributed by atoms with E-state index in [1.54, 1.807) is 7.11 Å². The van der Waals surface area contributed by atoms with Crippen LogP contribution >= 0.6 is 0 Å². The molecule has 0 amide bonds. The van der Waals surface area contributed by atoms with Gasteiger partial charge in [0.05, 0.1) is 19.3 Å². The average Bonchev–Trinajstić information content (AvgIpc) is 2.53. The molecule has 1 rings (SSSR count). The highest BCUT2D eigenvalue weighted by Gasteiger charge is 2.05. The zero-order valence-electron chi connectivity index (χ0n) is 13.6. The molecule has 0 unspecified atom stereocenters. The molecule has 1 aromatic rings. The Hall–Kier alpha value is -1.78. The van der Waals surface area contributed by atoms with Crippen LogP contribution in [-0.4, -0.2) is 31.1 Å². The molecule has 0 bridgehead atoms. The summed E-state index contributed by atoms with van der Waals surface area (Å²) in [6, 6.07) is 5.72. The SMILES string of the molecule is CCNC(=NCc1cccc(OC)n1)NCC(CC)CC. The Morgan fingerprint density at radius 3 is 2.62 bits per heavy atom. The number of aliphatic imine (C=N–C) groups is 1.